The minimum atomic E-state index is -1.14. The van der Waals surface area contributed by atoms with Crippen molar-refractivity contribution < 1.29 is 19.8 Å². The number of hydrogen-bond donors (Lipinski definition) is 2. The van der Waals surface area contributed by atoms with Crippen LogP contribution in [0.15, 0.2) is 11.1 Å². The van der Waals surface area contributed by atoms with Crippen molar-refractivity contribution in [1.29, 1.82) is 0 Å². The first kappa shape index (κ1) is 13.7. The minimum Gasteiger partial charge on any atom is -0.478 e. The third-order valence-electron chi connectivity index (χ3n) is 2.43. The Bertz CT molecular complexity index is 289. The lowest BCUT2D eigenvalue weighted by molar-refractivity contribution is -0.136. The molecule has 86 valence electrons. The molecule has 0 radical (unpaired) electrons. The van der Waals surface area contributed by atoms with Crippen LogP contribution in [0.4, 0.5) is 0 Å². The topological polar surface area (TPSA) is 74.6 Å². The van der Waals surface area contributed by atoms with Gasteiger partial charge < -0.3 is 10.2 Å². The number of carboxylic acids is 2. The molecule has 0 heterocycles. The molecule has 0 aromatic rings. The normalized spacial score (nSPS) is 14.7. The van der Waals surface area contributed by atoms with Crippen LogP contribution in [-0.2, 0) is 9.59 Å². The van der Waals surface area contributed by atoms with E-state index in [0.717, 1.165) is 0 Å². The van der Waals surface area contributed by atoms with Crippen LogP contribution in [0.2, 0.25) is 0 Å². The van der Waals surface area contributed by atoms with Gasteiger partial charge >= 0.3 is 11.9 Å². The molecular formula is C11H18O4. The molecule has 0 aromatic heterocycles. The number of hydrogen-bond acceptors (Lipinski definition) is 2. The summed E-state index contributed by atoms with van der Waals surface area (Å²) in [6.07, 6.45) is 0.616. The van der Waals surface area contributed by atoms with Crippen molar-refractivity contribution in [3.8, 4) is 0 Å². The van der Waals surface area contributed by atoms with Crippen LogP contribution in [0, 0.1) is 11.8 Å². The Balaban J connectivity index is 5.56. The van der Waals surface area contributed by atoms with E-state index in [-0.39, 0.29) is 23.0 Å². The molecule has 0 fully saturated rings. The SMILES string of the molecule is CCC(C)/C(C(=O)O)=C(\C(=O)O)C(C)C. The van der Waals surface area contributed by atoms with Crippen molar-refractivity contribution in [2.45, 2.75) is 34.1 Å². The number of carbonyl (C=O) groups is 2. The van der Waals surface area contributed by atoms with Crippen molar-refractivity contribution >= 4 is 11.9 Å². The summed E-state index contributed by atoms with van der Waals surface area (Å²) in [5.41, 5.74) is 0.0388. The Kier molecular flexibility index (Phi) is 5.05. The molecule has 4 heteroatoms. The minimum absolute atomic E-state index is 0.0110. The molecule has 15 heavy (non-hydrogen) atoms. The van der Waals surface area contributed by atoms with Gasteiger partial charge in [0.05, 0.1) is 11.1 Å². The first-order valence-corrected chi connectivity index (χ1v) is 5.03. The summed E-state index contributed by atoms with van der Waals surface area (Å²) in [5, 5.41) is 18.0. The second kappa shape index (κ2) is 5.53. The average molecular weight is 214 g/mol. The van der Waals surface area contributed by atoms with E-state index in [1.165, 1.54) is 0 Å². The fourth-order valence-corrected chi connectivity index (χ4v) is 1.47. The van der Waals surface area contributed by atoms with Crippen LogP contribution in [0.25, 0.3) is 0 Å². The molecule has 0 saturated carbocycles. The highest BCUT2D eigenvalue weighted by atomic mass is 16.4. The fraction of sp³-hybridized carbons (Fsp3) is 0.636. The lowest BCUT2D eigenvalue weighted by Crippen LogP contribution is -2.20. The molecule has 0 bridgehead atoms. The van der Waals surface area contributed by atoms with Gasteiger partial charge in [0.15, 0.2) is 0 Å². The number of carboxylic acid groups (broad SMARTS) is 2. The Morgan fingerprint density at radius 2 is 1.40 bits per heavy atom. The van der Waals surface area contributed by atoms with Crippen molar-refractivity contribution in [2.75, 3.05) is 0 Å². The van der Waals surface area contributed by atoms with Gasteiger partial charge in [0.1, 0.15) is 0 Å². The molecule has 0 aromatic carbocycles. The summed E-state index contributed by atoms with van der Waals surface area (Å²) in [6, 6.07) is 0. The molecule has 0 rings (SSSR count). The quantitative estimate of drug-likeness (QED) is 0.688. The number of rotatable bonds is 5. The smallest absolute Gasteiger partial charge is 0.332 e. The maximum atomic E-state index is 11.0. The van der Waals surface area contributed by atoms with Crippen molar-refractivity contribution in [2.24, 2.45) is 11.8 Å². The average Bonchev–Trinajstić information content (AvgIpc) is 2.10. The maximum absolute atomic E-state index is 11.0. The molecule has 4 nitrogen and oxygen atoms in total. The first-order valence-electron chi connectivity index (χ1n) is 5.03. The van der Waals surface area contributed by atoms with Crippen molar-refractivity contribution in [3.05, 3.63) is 11.1 Å². The summed E-state index contributed by atoms with van der Waals surface area (Å²) in [4.78, 5) is 22.0. The third kappa shape index (κ3) is 3.38. The van der Waals surface area contributed by atoms with Crippen LogP contribution in [0.3, 0.4) is 0 Å². The third-order valence-corrected chi connectivity index (χ3v) is 2.43. The Morgan fingerprint density at radius 1 is 1.00 bits per heavy atom. The lowest BCUT2D eigenvalue weighted by atomic mass is 9.88. The lowest BCUT2D eigenvalue weighted by Gasteiger charge is -2.16. The fourth-order valence-electron chi connectivity index (χ4n) is 1.47. The molecule has 1 unspecified atom stereocenters. The van der Waals surface area contributed by atoms with E-state index < -0.39 is 11.9 Å². The van der Waals surface area contributed by atoms with Crippen LogP contribution in [0.5, 0.6) is 0 Å². The van der Waals surface area contributed by atoms with Gasteiger partial charge in [-0.2, -0.15) is 0 Å². The van der Waals surface area contributed by atoms with Gasteiger partial charge in [0.2, 0.25) is 0 Å². The van der Waals surface area contributed by atoms with E-state index in [0.29, 0.717) is 6.42 Å². The highest BCUT2D eigenvalue weighted by Gasteiger charge is 2.26. The zero-order chi connectivity index (χ0) is 12.2. The van der Waals surface area contributed by atoms with Gasteiger partial charge in [-0.3, -0.25) is 0 Å². The van der Waals surface area contributed by atoms with Gasteiger partial charge in [0.25, 0.3) is 0 Å². The Hall–Kier alpha value is -1.32. The zero-order valence-electron chi connectivity index (χ0n) is 9.57. The zero-order valence-corrected chi connectivity index (χ0v) is 9.57. The van der Waals surface area contributed by atoms with E-state index in [9.17, 15) is 9.59 Å². The van der Waals surface area contributed by atoms with Gasteiger partial charge in [-0.1, -0.05) is 27.7 Å². The van der Waals surface area contributed by atoms with Crippen molar-refractivity contribution in [3.63, 3.8) is 0 Å². The number of aliphatic carboxylic acids is 2. The molecule has 1 atom stereocenters. The highest BCUT2D eigenvalue weighted by molar-refractivity contribution is 5.99. The van der Waals surface area contributed by atoms with Crippen LogP contribution in [-0.4, -0.2) is 22.2 Å². The standard InChI is InChI=1S/C11H18O4/c1-5-7(4)9(11(14)15)8(6(2)3)10(12)13/h6-7H,5H2,1-4H3,(H,12,13)(H,14,15)/b9-8+. The van der Waals surface area contributed by atoms with Crippen molar-refractivity contribution in [1.82, 2.24) is 0 Å². The first-order chi connectivity index (χ1) is 6.82. The van der Waals surface area contributed by atoms with Gasteiger partial charge in [0, 0.05) is 0 Å². The van der Waals surface area contributed by atoms with Crippen LogP contribution < -0.4 is 0 Å². The molecule has 0 aliphatic heterocycles. The second-order valence-electron chi connectivity index (χ2n) is 3.90. The molecule has 2 N–H and O–H groups in total. The summed E-state index contributed by atoms with van der Waals surface area (Å²) in [7, 11) is 0. The molecule has 0 amide bonds. The Labute approximate surface area is 89.6 Å². The Morgan fingerprint density at radius 3 is 1.60 bits per heavy atom. The van der Waals surface area contributed by atoms with Crippen LogP contribution in [0.1, 0.15) is 34.1 Å². The highest BCUT2D eigenvalue weighted by Crippen LogP contribution is 2.24. The predicted molar refractivity (Wildman–Crippen MR) is 56.6 cm³/mol. The molecule has 0 spiro atoms. The van der Waals surface area contributed by atoms with Gasteiger partial charge in [-0.05, 0) is 18.3 Å². The second-order valence-corrected chi connectivity index (χ2v) is 3.90. The summed E-state index contributed by atoms with van der Waals surface area (Å²) < 4.78 is 0. The van der Waals surface area contributed by atoms with E-state index in [1.807, 2.05) is 6.92 Å². The predicted octanol–water partition coefficient (Wildman–Crippen LogP) is 2.15. The summed E-state index contributed by atoms with van der Waals surface area (Å²) in [5.74, 6) is -2.79. The van der Waals surface area contributed by atoms with E-state index in [1.54, 1.807) is 20.8 Å². The van der Waals surface area contributed by atoms with Gasteiger partial charge in [-0.15, -0.1) is 0 Å². The van der Waals surface area contributed by atoms with E-state index in [4.69, 9.17) is 10.2 Å². The largest absolute Gasteiger partial charge is 0.478 e. The summed E-state index contributed by atoms with van der Waals surface area (Å²) >= 11 is 0. The maximum Gasteiger partial charge on any atom is 0.332 e. The van der Waals surface area contributed by atoms with Gasteiger partial charge in [-0.25, -0.2) is 9.59 Å². The van der Waals surface area contributed by atoms with Crippen LogP contribution >= 0.6 is 0 Å². The van der Waals surface area contributed by atoms with E-state index >= 15 is 0 Å². The monoisotopic (exact) mass is 214 g/mol. The molecule has 0 aliphatic carbocycles. The summed E-state index contributed by atoms with van der Waals surface area (Å²) in [6.45, 7) is 6.95. The molecular weight excluding hydrogens is 196 g/mol. The van der Waals surface area contributed by atoms with E-state index in [2.05, 4.69) is 0 Å². The molecule has 0 aliphatic rings. The molecule has 0 saturated heterocycles.